The van der Waals surface area contributed by atoms with E-state index in [0.29, 0.717) is 11.4 Å². The Morgan fingerprint density at radius 1 is 1.33 bits per heavy atom. The van der Waals surface area contributed by atoms with Gasteiger partial charge < -0.3 is 0 Å². The first-order valence-corrected chi connectivity index (χ1v) is 4.79. The molecule has 0 aromatic heterocycles. The number of nitrogens with zero attached hydrogens (tertiary/aromatic N) is 1. The van der Waals surface area contributed by atoms with Gasteiger partial charge in [0.25, 0.3) is 0 Å². The van der Waals surface area contributed by atoms with Gasteiger partial charge in [-0.15, -0.1) is 0 Å². The Morgan fingerprint density at radius 2 is 2.00 bits per heavy atom. The summed E-state index contributed by atoms with van der Waals surface area (Å²) in [7, 11) is 0. The third-order valence-corrected chi connectivity index (χ3v) is 1.91. The van der Waals surface area contributed by atoms with E-state index in [-0.39, 0.29) is 0 Å². The van der Waals surface area contributed by atoms with Crippen LogP contribution < -0.4 is 5.06 Å². The van der Waals surface area contributed by atoms with Crippen molar-refractivity contribution in [2.24, 2.45) is 0 Å². The standard InChI is InChI=1S/C13H15NO/c1-3-5-9-12(4-2)14(15)13-10-7-6-8-11-13/h3-11,15H,2H2,1H3/b5-3-,12-9+. The Morgan fingerprint density at radius 3 is 2.53 bits per heavy atom. The maximum absolute atomic E-state index is 9.87. The molecule has 0 unspecified atom stereocenters. The van der Waals surface area contributed by atoms with E-state index in [2.05, 4.69) is 6.58 Å². The van der Waals surface area contributed by atoms with Crippen LogP contribution in [-0.2, 0) is 0 Å². The van der Waals surface area contributed by atoms with E-state index in [1.807, 2.05) is 49.4 Å². The molecule has 15 heavy (non-hydrogen) atoms. The normalized spacial score (nSPS) is 11.7. The molecule has 0 amide bonds. The van der Waals surface area contributed by atoms with Crippen LogP contribution >= 0.6 is 0 Å². The molecule has 0 aliphatic heterocycles. The minimum absolute atomic E-state index is 0.638. The van der Waals surface area contributed by atoms with Crippen LogP contribution in [0.3, 0.4) is 0 Å². The van der Waals surface area contributed by atoms with Crippen molar-refractivity contribution in [1.29, 1.82) is 0 Å². The van der Waals surface area contributed by atoms with Gasteiger partial charge in [0.15, 0.2) is 0 Å². The monoisotopic (exact) mass is 201 g/mol. The minimum Gasteiger partial charge on any atom is -0.284 e. The summed E-state index contributed by atoms with van der Waals surface area (Å²) in [5.41, 5.74) is 1.35. The number of hydrogen-bond acceptors (Lipinski definition) is 2. The molecule has 0 aliphatic rings. The second-order valence-corrected chi connectivity index (χ2v) is 2.97. The Hall–Kier alpha value is -1.80. The zero-order valence-electron chi connectivity index (χ0n) is 8.80. The Bertz CT molecular complexity index is 365. The number of anilines is 1. The smallest absolute Gasteiger partial charge is 0.0693 e. The number of hydroxylamine groups is 1. The summed E-state index contributed by atoms with van der Waals surface area (Å²) in [5.74, 6) is 0. The maximum atomic E-state index is 9.87. The van der Waals surface area contributed by atoms with E-state index in [9.17, 15) is 5.21 Å². The quantitative estimate of drug-likeness (QED) is 0.595. The molecule has 0 fully saturated rings. The van der Waals surface area contributed by atoms with Crippen LogP contribution in [0, 0.1) is 0 Å². The molecule has 2 heteroatoms. The van der Waals surface area contributed by atoms with Gasteiger partial charge in [-0.3, -0.25) is 5.21 Å². The van der Waals surface area contributed by atoms with Crippen molar-refractivity contribution in [2.75, 3.05) is 5.06 Å². The molecule has 0 atom stereocenters. The van der Waals surface area contributed by atoms with Crippen LogP contribution in [0.2, 0.25) is 0 Å². The lowest BCUT2D eigenvalue weighted by atomic mass is 10.3. The van der Waals surface area contributed by atoms with Crippen LogP contribution in [0.4, 0.5) is 5.69 Å². The van der Waals surface area contributed by atoms with Crippen molar-refractivity contribution in [3.63, 3.8) is 0 Å². The topological polar surface area (TPSA) is 23.5 Å². The fourth-order valence-electron chi connectivity index (χ4n) is 1.14. The molecule has 1 aromatic carbocycles. The highest BCUT2D eigenvalue weighted by molar-refractivity contribution is 5.51. The van der Waals surface area contributed by atoms with Gasteiger partial charge in [-0.05, 0) is 31.2 Å². The van der Waals surface area contributed by atoms with Crippen molar-refractivity contribution in [3.8, 4) is 0 Å². The number of allylic oxidation sites excluding steroid dienone is 4. The predicted octanol–water partition coefficient (Wildman–Crippen LogP) is 3.53. The average molecular weight is 201 g/mol. The van der Waals surface area contributed by atoms with E-state index in [1.165, 1.54) is 0 Å². The van der Waals surface area contributed by atoms with E-state index in [1.54, 1.807) is 12.2 Å². The van der Waals surface area contributed by atoms with Gasteiger partial charge in [-0.25, -0.2) is 5.06 Å². The molecule has 1 aromatic rings. The lowest BCUT2D eigenvalue weighted by Gasteiger charge is -2.17. The zero-order chi connectivity index (χ0) is 11.1. The van der Waals surface area contributed by atoms with Gasteiger partial charge in [-0.2, -0.15) is 0 Å². The van der Waals surface area contributed by atoms with Crippen molar-refractivity contribution < 1.29 is 5.21 Å². The molecule has 0 saturated heterocycles. The van der Waals surface area contributed by atoms with Gasteiger partial charge in [0.1, 0.15) is 0 Å². The van der Waals surface area contributed by atoms with Gasteiger partial charge in [-0.1, -0.05) is 36.9 Å². The number of hydrogen-bond donors (Lipinski definition) is 1. The molecular formula is C13H15NO. The molecule has 0 heterocycles. The summed E-state index contributed by atoms with van der Waals surface area (Å²) in [6, 6.07) is 9.30. The molecule has 1 N–H and O–H groups in total. The second kappa shape index (κ2) is 5.83. The highest BCUT2D eigenvalue weighted by atomic mass is 16.5. The lowest BCUT2D eigenvalue weighted by Crippen LogP contribution is -2.15. The Labute approximate surface area is 90.4 Å². The maximum Gasteiger partial charge on any atom is 0.0693 e. The molecule has 0 radical (unpaired) electrons. The molecule has 78 valence electrons. The molecule has 2 nitrogen and oxygen atoms in total. The summed E-state index contributed by atoms with van der Waals surface area (Å²) >= 11 is 0. The average Bonchev–Trinajstić information content (AvgIpc) is 2.31. The molecule has 0 saturated carbocycles. The van der Waals surface area contributed by atoms with Gasteiger partial charge >= 0.3 is 0 Å². The van der Waals surface area contributed by atoms with Crippen LogP contribution in [0.25, 0.3) is 0 Å². The number of rotatable bonds is 4. The largest absolute Gasteiger partial charge is 0.284 e. The fraction of sp³-hybridized carbons (Fsp3) is 0.0769. The van der Waals surface area contributed by atoms with E-state index in [4.69, 9.17) is 0 Å². The molecule has 0 bridgehead atoms. The highest BCUT2D eigenvalue weighted by Gasteiger charge is 2.03. The predicted molar refractivity (Wildman–Crippen MR) is 63.8 cm³/mol. The molecule has 1 rings (SSSR count). The first-order valence-electron chi connectivity index (χ1n) is 4.79. The van der Waals surface area contributed by atoms with E-state index >= 15 is 0 Å². The summed E-state index contributed by atoms with van der Waals surface area (Å²) in [6.07, 6.45) is 7.14. The molecule has 0 spiro atoms. The van der Waals surface area contributed by atoms with Crippen LogP contribution in [0.1, 0.15) is 6.92 Å². The number of para-hydroxylation sites is 1. The first-order chi connectivity index (χ1) is 7.29. The van der Waals surface area contributed by atoms with Crippen LogP contribution in [-0.4, -0.2) is 5.21 Å². The number of benzene rings is 1. The highest BCUT2D eigenvalue weighted by Crippen LogP contribution is 2.16. The van der Waals surface area contributed by atoms with E-state index in [0.717, 1.165) is 5.06 Å². The summed E-state index contributed by atoms with van der Waals surface area (Å²) in [4.78, 5) is 0. The van der Waals surface area contributed by atoms with E-state index < -0.39 is 0 Å². The van der Waals surface area contributed by atoms with Gasteiger partial charge in [0.05, 0.1) is 11.4 Å². The van der Waals surface area contributed by atoms with Crippen molar-refractivity contribution in [2.45, 2.75) is 6.92 Å². The van der Waals surface area contributed by atoms with Crippen LogP contribution in [0.15, 0.2) is 66.9 Å². The Balaban J connectivity index is 2.92. The molecular weight excluding hydrogens is 186 g/mol. The van der Waals surface area contributed by atoms with Gasteiger partial charge in [0, 0.05) is 0 Å². The summed E-state index contributed by atoms with van der Waals surface area (Å²) in [5, 5.41) is 11.0. The third kappa shape index (κ3) is 3.11. The SMILES string of the molecule is C=C/C(=C\C=C/C)N(O)c1ccccc1. The Kier molecular flexibility index (Phi) is 4.38. The second-order valence-electron chi connectivity index (χ2n) is 2.97. The summed E-state index contributed by atoms with van der Waals surface area (Å²) < 4.78 is 0. The van der Waals surface area contributed by atoms with Crippen molar-refractivity contribution in [1.82, 2.24) is 0 Å². The summed E-state index contributed by atoms with van der Waals surface area (Å²) in [6.45, 7) is 5.57. The fourth-order valence-corrected chi connectivity index (χ4v) is 1.14. The third-order valence-electron chi connectivity index (χ3n) is 1.91. The van der Waals surface area contributed by atoms with Crippen LogP contribution in [0.5, 0.6) is 0 Å². The molecule has 0 aliphatic carbocycles. The minimum atomic E-state index is 0.638. The zero-order valence-corrected chi connectivity index (χ0v) is 8.80. The lowest BCUT2D eigenvalue weighted by molar-refractivity contribution is 0.287. The van der Waals surface area contributed by atoms with Gasteiger partial charge in [0.2, 0.25) is 0 Å². The van der Waals surface area contributed by atoms with Crippen molar-refractivity contribution >= 4 is 5.69 Å². The van der Waals surface area contributed by atoms with Crippen molar-refractivity contribution in [3.05, 3.63) is 66.9 Å². The first kappa shape index (κ1) is 11.3.